The van der Waals surface area contributed by atoms with Crippen LogP contribution in [0.5, 0.6) is 0 Å². The summed E-state index contributed by atoms with van der Waals surface area (Å²) in [7, 11) is 0. The molecule has 31 heavy (non-hydrogen) atoms. The third-order valence-corrected chi connectivity index (χ3v) is 5.45. The predicted octanol–water partition coefficient (Wildman–Crippen LogP) is 6.90. The van der Waals surface area contributed by atoms with Gasteiger partial charge in [-0.25, -0.2) is 13.6 Å². The van der Waals surface area contributed by atoms with Crippen LogP contribution in [-0.4, -0.2) is 30.7 Å². The Morgan fingerprint density at radius 3 is 2.48 bits per heavy atom. The fraction of sp³-hybridized carbons (Fsp3) is 0.500. The lowest BCUT2D eigenvalue weighted by atomic mass is 9.89. The predicted molar refractivity (Wildman–Crippen MR) is 121 cm³/mol. The number of ether oxygens (including phenoxy) is 2. The van der Waals surface area contributed by atoms with Crippen LogP contribution in [0, 0.1) is 0 Å². The van der Waals surface area contributed by atoms with Crippen molar-refractivity contribution in [3.8, 4) is 0 Å². The highest BCUT2D eigenvalue weighted by Gasteiger charge is 2.41. The molecule has 1 aromatic carbocycles. The summed E-state index contributed by atoms with van der Waals surface area (Å²) >= 11 is 0. The van der Waals surface area contributed by atoms with Gasteiger partial charge in [-0.05, 0) is 30.1 Å². The Bertz CT molecular complexity index is 742. The zero-order valence-corrected chi connectivity index (χ0v) is 18.4. The van der Waals surface area contributed by atoms with E-state index in [1.807, 2.05) is 36.4 Å². The molecule has 1 aliphatic carbocycles. The molecule has 0 amide bonds. The molecule has 0 heterocycles. The summed E-state index contributed by atoms with van der Waals surface area (Å²) in [6, 6.07) is 9.74. The summed E-state index contributed by atoms with van der Waals surface area (Å²) in [5.41, 5.74) is 0.544. The first-order chi connectivity index (χ1) is 15.0. The van der Waals surface area contributed by atoms with Crippen molar-refractivity contribution >= 4 is 11.5 Å². The molecule has 0 aromatic heterocycles. The summed E-state index contributed by atoms with van der Waals surface area (Å²) in [6.45, 7) is 5.87. The summed E-state index contributed by atoms with van der Waals surface area (Å²) in [5, 5.41) is 0. The molecular formula is C26H34F2O3. The highest BCUT2D eigenvalue weighted by molar-refractivity contribution is 5.87. The molecule has 2 atom stereocenters. The maximum Gasteiger partial charge on any atom is 0.343 e. The Hall–Kier alpha value is -2.27. The SMILES string of the molecule is C=CCOC1(C(=O)OC(CCCCCCCC)C(F)F)C=CC(c2ccccc2)=CC1. The average Bonchev–Trinajstić information content (AvgIpc) is 2.79. The molecule has 0 saturated heterocycles. The normalized spacial score (nSPS) is 19.2. The van der Waals surface area contributed by atoms with Gasteiger partial charge in [0.25, 0.3) is 6.43 Å². The molecule has 0 radical (unpaired) electrons. The monoisotopic (exact) mass is 432 g/mol. The zero-order chi connectivity index (χ0) is 22.5. The van der Waals surface area contributed by atoms with Crippen molar-refractivity contribution in [3.05, 3.63) is 66.8 Å². The van der Waals surface area contributed by atoms with Gasteiger partial charge in [0, 0.05) is 6.42 Å². The van der Waals surface area contributed by atoms with Crippen molar-refractivity contribution in [2.45, 2.75) is 76.4 Å². The molecule has 2 rings (SSSR count). The van der Waals surface area contributed by atoms with Crippen LogP contribution in [0.15, 0.2) is 61.2 Å². The lowest BCUT2D eigenvalue weighted by Gasteiger charge is -2.31. The maximum atomic E-state index is 13.6. The summed E-state index contributed by atoms with van der Waals surface area (Å²) in [5.74, 6) is -0.773. The number of hydrogen-bond donors (Lipinski definition) is 0. The minimum absolute atomic E-state index is 0.116. The number of benzene rings is 1. The van der Waals surface area contributed by atoms with Crippen LogP contribution in [-0.2, 0) is 14.3 Å². The minimum Gasteiger partial charge on any atom is -0.454 e. The smallest absolute Gasteiger partial charge is 0.343 e. The van der Waals surface area contributed by atoms with Gasteiger partial charge >= 0.3 is 5.97 Å². The molecule has 5 heteroatoms. The van der Waals surface area contributed by atoms with E-state index in [0.717, 1.165) is 43.2 Å². The number of carbonyl (C=O) groups is 1. The van der Waals surface area contributed by atoms with E-state index < -0.39 is 24.1 Å². The van der Waals surface area contributed by atoms with Gasteiger partial charge in [-0.2, -0.15) is 0 Å². The van der Waals surface area contributed by atoms with E-state index in [-0.39, 0.29) is 19.4 Å². The van der Waals surface area contributed by atoms with Gasteiger partial charge in [-0.3, -0.25) is 0 Å². The van der Waals surface area contributed by atoms with Crippen molar-refractivity contribution in [1.29, 1.82) is 0 Å². The lowest BCUT2D eigenvalue weighted by Crippen LogP contribution is -2.44. The van der Waals surface area contributed by atoms with Crippen LogP contribution < -0.4 is 0 Å². The average molecular weight is 433 g/mol. The number of esters is 1. The van der Waals surface area contributed by atoms with Gasteiger partial charge < -0.3 is 9.47 Å². The minimum atomic E-state index is -2.72. The third kappa shape index (κ3) is 7.73. The zero-order valence-electron chi connectivity index (χ0n) is 18.4. The van der Waals surface area contributed by atoms with Crippen molar-refractivity contribution < 1.29 is 23.0 Å². The van der Waals surface area contributed by atoms with E-state index in [9.17, 15) is 13.6 Å². The second-order valence-corrected chi connectivity index (χ2v) is 7.89. The molecule has 0 N–H and O–H groups in total. The van der Waals surface area contributed by atoms with Gasteiger partial charge in [-0.1, -0.05) is 87.6 Å². The van der Waals surface area contributed by atoms with Crippen molar-refractivity contribution in [3.63, 3.8) is 0 Å². The van der Waals surface area contributed by atoms with E-state index in [4.69, 9.17) is 9.47 Å². The second-order valence-electron chi connectivity index (χ2n) is 7.89. The standard InChI is InChI=1S/C26H34F2O3/c1-3-5-6-7-8-12-15-23(24(27)28)31-25(29)26(30-20-4-2)18-16-22(17-19-26)21-13-10-9-11-14-21/h4,9-11,13-14,16-18,23-24H,2-3,5-8,12,15,19-20H2,1H3. The number of allylic oxidation sites excluding steroid dienone is 2. The first-order valence-electron chi connectivity index (χ1n) is 11.2. The van der Waals surface area contributed by atoms with Crippen molar-refractivity contribution in [2.24, 2.45) is 0 Å². The van der Waals surface area contributed by atoms with Crippen LogP contribution >= 0.6 is 0 Å². The number of halogens is 2. The molecule has 0 fully saturated rings. The highest BCUT2D eigenvalue weighted by atomic mass is 19.3. The summed E-state index contributed by atoms with van der Waals surface area (Å²) in [4.78, 5) is 13.0. The molecular weight excluding hydrogens is 398 g/mol. The molecule has 170 valence electrons. The quantitative estimate of drug-likeness (QED) is 0.182. The highest BCUT2D eigenvalue weighted by Crippen LogP contribution is 2.32. The molecule has 1 aromatic rings. The van der Waals surface area contributed by atoms with Gasteiger partial charge in [0.15, 0.2) is 11.7 Å². The molecule has 0 aliphatic heterocycles. The third-order valence-electron chi connectivity index (χ3n) is 5.45. The Morgan fingerprint density at radius 2 is 1.87 bits per heavy atom. The van der Waals surface area contributed by atoms with Crippen LogP contribution in [0.2, 0.25) is 0 Å². The molecule has 0 saturated carbocycles. The van der Waals surface area contributed by atoms with Gasteiger partial charge in [0.05, 0.1) is 6.61 Å². The largest absolute Gasteiger partial charge is 0.454 e. The number of alkyl halides is 2. The Kier molecular flexibility index (Phi) is 10.6. The number of carbonyl (C=O) groups excluding carboxylic acids is 1. The molecule has 0 spiro atoms. The fourth-order valence-corrected chi connectivity index (χ4v) is 3.59. The lowest BCUT2D eigenvalue weighted by molar-refractivity contribution is -0.178. The molecule has 2 unspecified atom stereocenters. The Morgan fingerprint density at radius 1 is 1.16 bits per heavy atom. The van der Waals surface area contributed by atoms with E-state index in [1.165, 1.54) is 6.08 Å². The van der Waals surface area contributed by atoms with Crippen LogP contribution in [0.1, 0.15) is 63.9 Å². The summed E-state index contributed by atoms with van der Waals surface area (Å²) in [6.07, 6.45) is 8.93. The van der Waals surface area contributed by atoms with E-state index >= 15 is 0 Å². The van der Waals surface area contributed by atoms with Crippen LogP contribution in [0.3, 0.4) is 0 Å². The van der Waals surface area contributed by atoms with E-state index in [1.54, 1.807) is 12.2 Å². The van der Waals surface area contributed by atoms with Crippen LogP contribution in [0.25, 0.3) is 5.57 Å². The van der Waals surface area contributed by atoms with Gasteiger partial charge in [0.2, 0.25) is 0 Å². The van der Waals surface area contributed by atoms with E-state index in [0.29, 0.717) is 6.42 Å². The molecule has 3 nitrogen and oxygen atoms in total. The molecule has 0 bridgehead atoms. The maximum absolute atomic E-state index is 13.6. The van der Waals surface area contributed by atoms with Gasteiger partial charge in [0.1, 0.15) is 0 Å². The van der Waals surface area contributed by atoms with Crippen LogP contribution in [0.4, 0.5) is 8.78 Å². The van der Waals surface area contributed by atoms with Gasteiger partial charge in [-0.15, -0.1) is 6.58 Å². The first kappa shape index (κ1) is 25.0. The first-order valence-corrected chi connectivity index (χ1v) is 11.2. The topological polar surface area (TPSA) is 35.5 Å². The van der Waals surface area contributed by atoms with Crippen molar-refractivity contribution in [1.82, 2.24) is 0 Å². The Labute approximate surface area is 184 Å². The summed E-state index contributed by atoms with van der Waals surface area (Å²) < 4.78 is 38.1. The second kappa shape index (κ2) is 13.2. The Balaban J connectivity index is 2.02. The molecule has 1 aliphatic rings. The van der Waals surface area contributed by atoms with Crippen molar-refractivity contribution in [2.75, 3.05) is 6.61 Å². The number of hydrogen-bond acceptors (Lipinski definition) is 3. The number of rotatable bonds is 14. The van der Waals surface area contributed by atoms with E-state index in [2.05, 4.69) is 13.5 Å². The number of unbranched alkanes of at least 4 members (excludes halogenated alkanes) is 5. The fourth-order valence-electron chi connectivity index (χ4n) is 3.59.